The maximum Gasteiger partial charge on any atom is 0.224 e. The van der Waals surface area contributed by atoms with Crippen LogP contribution in [-0.4, -0.2) is 12.5 Å². The number of hydrogen-bond acceptors (Lipinski definition) is 3. The van der Waals surface area contributed by atoms with Gasteiger partial charge in [-0.25, -0.2) is 0 Å². The average Bonchev–Trinajstić information content (AvgIpc) is 2.88. The average molecular weight is 403 g/mol. The Morgan fingerprint density at radius 2 is 2.00 bits per heavy atom. The lowest BCUT2D eigenvalue weighted by atomic mass is 9.91. The van der Waals surface area contributed by atoms with E-state index in [9.17, 15) is 9.18 Å². The fourth-order valence-electron chi connectivity index (χ4n) is 3.97. The van der Waals surface area contributed by atoms with Crippen LogP contribution in [0.2, 0.25) is 0 Å². The molecule has 0 radical (unpaired) electrons. The van der Waals surface area contributed by atoms with Gasteiger partial charge in [-0.2, -0.15) is 4.39 Å². The van der Waals surface area contributed by atoms with Crippen LogP contribution in [0.5, 0.6) is 0 Å². The number of amides is 1. The van der Waals surface area contributed by atoms with Crippen molar-refractivity contribution in [1.82, 2.24) is 0 Å². The zero-order valence-corrected chi connectivity index (χ0v) is 18.4. The fraction of sp³-hybridized carbons (Fsp3) is 0.522. The standard InChI is InChI=1S/C23H31FN2OS/c1-15-12-19-18(16(2)22(15)25-21(27)13-23(3,4)5)8-6-7-11-26(19)14-17-9-10-20(24)28-17/h9-10,12H,6-8,11,13-14H2,1-5H3,(H,25,27). The number of fused-ring (bicyclic) bond motifs is 1. The summed E-state index contributed by atoms with van der Waals surface area (Å²) in [6.07, 6.45) is 3.76. The molecule has 1 aromatic carbocycles. The third kappa shape index (κ3) is 4.93. The summed E-state index contributed by atoms with van der Waals surface area (Å²) in [4.78, 5) is 15.9. The number of hydrogen-bond donors (Lipinski definition) is 1. The van der Waals surface area contributed by atoms with Crippen LogP contribution >= 0.6 is 11.3 Å². The second-order valence-electron chi connectivity index (χ2n) is 9.06. The topological polar surface area (TPSA) is 32.3 Å². The molecule has 0 atom stereocenters. The van der Waals surface area contributed by atoms with Crippen LogP contribution in [0.3, 0.4) is 0 Å². The van der Waals surface area contributed by atoms with Gasteiger partial charge in [-0.15, -0.1) is 11.3 Å². The first-order valence-electron chi connectivity index (χ1n) is 10.1. The quantitative estimate of drug-likeness (QED) is 0.658. The number of halogens is 1. The molecule has 152 valence electrons. The zero-order valence-electron chi connectivity index (χ0n) is 17.6. The SMILES string of the molecule is Cc1cc2c(c(C)c1NC(=O)CC(C)(C)C)CCCCN2Cc1ccc(F)s1. The van der Waals surface area contributed by atoms with E-state index in [1.165, 1.54) is 28.2 Å². The van der Waals surface area contributed by atoms with Crippen molar-refractivity contribution in [3.63, 3.8) is 0 Å². The number of carbonyl (C=O) groups is 1. The third-order valence-corrected chi connectivity index (χ3v) is 6.12. The largest absolute Gasteiger partial charge is 0.366 e. The van der Waals surface area contributed by atoms with Gasteiger partial charge >= 0.3 is 0 Å². The number of benzene rings is 1. The van der Waals surface area contributed by atoms with Crippen molar-refractivity contribution in [3.8, 4) is 0 Å². The number of nitrogens with zero attached hydrogens (tertiary/aromatic N) is 1. The first-order chi connectivity index (χ1) is 13.1. The van der Waals surface area contributed by atoms with Gasteiger partial charge < -0.3 is 10.2 Å². The highest BCUT2D eigenvalue weighted by Gasteiger charge is 2.23. The molecule has 2 heterocycles. The van der Waals surface area contributed by atoms with Crippen LogP contribution < -0.4 is 10.2 Å². The zero-order chi connectivity index (χ0) is 20.5. The van der Waals surface area contributed by atoms with Crippen molar-refractivity contribution in [2.24, 2.45) is 5.41 Å². The van der Waals surface area contributed by atoms with E-state index in [0.29, 0.717) is 6.42 Å². The van der Waals surface area contributed by atoms with Gasteiger partial charge in [0.2, 0.25) is 5.91 Å². The monoisotopic (exact) mass is 402 g/mol. The lowest BCUT2D eigenvalue weighted by Crippen LogP contribution is -2.24. The summed E-state index contributed by atoms with van der Waals surface area (Å²) in [7, 11) is 0. The number of thiophene rings is 1. The Balaban J connectivity index is 1.91. The van der Waals surface area contributed by atoms with Crippen LogP contribution in [0, 0.1) is 24.4 Å². The number of anilines is 2. The maximum absolute atomic E-state index is 13.4. The first kappa shape index (κ1) is 20.8. The van der Waals surface area contributed by atoms with Gasteiger partial charge in [0, 0.05) is 29.2 Å². The normalized spacial score (nSPS) is 14.6. The molecule has 0 saturated carbocycles. The van der Waals surface area contributed by atoms with Crippen LogP contribution in [0.1, 0.15) is 61.6 Å². The minimum Gasteiger partial charge on any atom is -0.366 e. The van der Waals surface area contributed by atoms with Crippen molar-refractivity contribution in [2.75, 3.05) is 16.8 Å². The molecular formula is C23H31FN2OS. The van der Waals surface area contributed by atoms with E-state index < -0.39 is 0 Å². The highest BCUT2D eigenvalue weighted by atomic mass is 32.1. The Labute approximate surface area is 172 Å². The van der Waals surface area contributed by atoms with Gasteiger partial charge in [0.1, 0.15) is 0 Å². The molecule has 1 aliphatic rings. The molecule has 1 aliphatic heterocycles. The molecular weight excluding hydrogens is 371 g/mol. The van der Waals surface area contributed by atoms with Gasteiger partial charge in [-0.05, 0) is 73.4 Å². The molecule has 1 amide bonds. The minimum absolute atomic E-state index is 0.0373. The van der Waals surface area contributed by atoms with E-state index in [1.807, 2.05) is 6.07 Å². The molecule has 3 nitrogen and oxygen atoms in total. The summed E-state index contributed by atoms with van der Waals surface area (Å²) < 4.78 is 13.4. The molecule has 0 unspecified atom stereocenters. The van der Waals surface area contributed by atoms with E-state index in [1.54, 1.807) is 6.07 Å². The van der Waals surface area contributed by atoms with Gasteiger partial charge in [-0.1, -0.05) is 20.8 Å². The molecule has 2 aromatic rings. The summed E-state index contributed by atoms with van der Waals surface area (Å²) in [6, 6.07) is 5.62. The predicted octanol–water partition coefficient (Wildman–Crippen LogP) is 6.22. The summed E-state index contributed by atoms with van der Waals surface area (Å²) in [6.45, 7) is 12.1. The summed E-state index contributed by atoms with van der Waals surface area (Å²) in [5.74, 6) is 0.0678. The van der Waals surface area contributed by atoms with Gasteiger partial charge in [0.05, 0.1) is 6.54 Å². The Kier molecular flexibility index (Phi) is 6.13. The highest BCUT2D eigenvalue weighted by molar-refractivity contribution is 7.10. The van der Waals surface area contributed by atoms with Crippen LogP contribution in [0.25, 0.3) is 0 Å². The van der Waals surface area contributed by atoms with E-state index in [0.717, 1.165) is 48.5 Å². The Hall–Kier alpha value is -1.88. The minimum atomic E-state index is -0.130. The molecule has 0 spiro atoms. The van der Waals surface area contributed by atoms with Gasteiger partial charge in [-0.3, -0.25) is 4.79 Å². The maximum atomic E-state index is 13.4. The molecule has 1 N–H and O–H groups in total. The summed E-state index contributed by atoms with van der Waals surface area (Å²) in [5.41, 5.74) is 5.72. The van der Waals surface area contributed by atoms with E-state index >= 15 is 0 Å². The van der Waals surface area contributed by atoms with Crippen molar-refractivity contribution >= 4 is 28.6 Å². The smallest absolute Gasteiger partial charge is 0.224 e. The second-order valence-corrected chi connectivity index (χ2v) is 10.2. The van der Waals surface area contributed by atoms with Crippen molar-refractivity contribution in [1.29, 1.82) is 0 Å². The lowest BCUT2D eigenvalue weighted by Gasteiger charge is -2.27. The van der Waals surface area contributed by atoms with Crippen LogP contribution in [-0.2, 0) is 17.8 Å². The number of carbonyl (C=O) groups excluding carboxylic acids is 1. The molecule has 0 aliphatic carbocycles. The van der Waals surface area contributed by atoms with Crippen molar-refractivity contribution < 1.29 is 9.18 Å². The molecule has 1 aromatic heterocycles. The highest BCUT2D eigenvalue weighted by Crippen LogP contribution is 2.37. The van der Waals surface area contributed by atoms with Crippen molar-refractivity contribution in [2.45, 2.75) is 66.8 Å². The summed E-state index contributed by atoms with van der Waals surface area (Å²) in [5, 5.41) is 3.04. The molecule has 0 fully saturated rings. The van der Waals surface area contributed by atoms with Crippen LogP contribution in [0.4, 0.5) is 15.8 Å². The van der Waals surface area contributed by atoms with Gasteiger partial charge in [0.25, 0.3) is 0 Å². The van der Waals surface area contributed by atoms with E-state index in [4.69, 9.17) is 0 Å². The first-order valence-corrected chi connectivity index (χ1v) is 10.9. The lowest BCUT2D eigenvalue weighted by molar-refractivity contribution is -0.117. The van der Waals surface area contributed by atoms with E-state index in [-0.39, 0.29) is 16.5 Å². The molecule has 28 heavy (non-hydrogen) atoms. The predicted molar refractivity (Wildman–Crippen MR) is 117 cm³/mol. The third-order valence-electron chi connectivity index (χ3n) is 5.26. The number of nitrogens with one attached hydrogen (secondary N) is 1. The Bertz CT molecular complexity index is 866. The Morgan fingerprint density at radius 1 is 1.25 bits per heavy atom. The van der Waals surface area contributed by atoms with Crippen LogP contribution in [0.15, 0.2) is 18.2 Å². The summed E-state index contributed by atoms with van der Waals surface area (Å²) >= 11 is 1.22. The number of aryl methyl sites for hydroxylation is 1. The molecule has 5 heteroatoms. The van der Waals surface area contributed by atoms with E-state index in [2.05, 4.69) is 50.9 Å². The molecule has 0 bridgehead atoms. The Morgan fingerprint density at radius 3 is 2.64 bits per heavy atom. The molecule has 0 saturated heterocycles. The molecule has 3 rings (SSSR count). The number of rotatable bonds is 4. The second kappa shape index (κ2) is 8.24. The van der Waals surface area contributed by atoms with Gasteiger partial charge in [0.15, 0.2) is 5.13 Å². The van der Waals surface area contributed by atoms with Crippen molar-refractivity contribution in [3.05, 3.63) is 44.9 Å². The fourth-order valence-corrected chi connectivity index (χ4v) is 4.72.